The molecule has 1 aliphatic heterocycles. The Labute approximate surface area is 156 Å². The van der Waals surface area contributed by atoms with Crippen LogP contribution in [-0.4, -0.2) is 22.6 Å². The normalized spacial score (nSPS) is 15.5. The molecule has 134 valence electrons. The number of aromatic nitrogens is 2. The average Bonchev–Trinajstić information content (AvgIpc) is 2.94. The van der Waals surface area contributed by atoms with Crippen LogP contribution in [0.1, 0.15) is 35.6 Å². The smallest absolute Gasteiger partial charge is 0.153 e. The quantitative estimate of drug-likeness (QED) is 0.604. The summed E-state index contributed by atoms with van der Waals surface area (Å²) in [5.41, 5.74) is 5.40. The molecule has 0 atom stereocenters. The minimum Gasteiger partial charge on any atom is -0.355 e. The number of allylic oxidation sites excluding steroid dienone is 1. The molecule has 1 saturated heterocycles. The Kier molecular flexibility index (Phi) is 4.54. The third kappa shape index (κ3) is 2.82. The van der Waals surface area contributed by atoms with Gasteiger partial charge in [-0.2, -0.15) is 0 Å². The van der Waals surface area contributed by atoms with Crippen molar-refractivity contribution in [3.05, 3.63) is 72.1 Å². The molecule has 0 aliphatic carbocycles. The monoisotopic (exact) mass is 345 g/mol. The molecule has 3 aromatic rings. The molecule has 0 N–H and O–H groups in total. The molecule has 0 spiro atoms. The Balaban J connectivity index is 1.66. The maximum Gasteiger partial charge on any atom is 0.153 e. The van der Waals surface area contributed by atoms with Gasteiger partial charge in [0.25, 0.3) is 0 Å². The number of hydrogen-bond donors (Lipinski definition) is 0. The largest absolute Gasteiger partial charge is 0.355 e. The van der Waals surface area contributed by atoms with Crippen LogP contribution in [0.3, 0.4) is 0 Å². The second kappa shape index (κ2) is 6.99. The predicted octanol–water partition coefficient (Wildman–Crippen LogP) is 5.22. The summed E-state index contributed by atoms with van der Waals surface area (Å²) in [6, 6.07) is 13.1. The highest BCUT2D eigenvalue weighted by Gasteiger charge is 2.24. The van der Waals surface area contributed by atoms with Crippen molar-refractivity contribution >= 4 is 16.7 Å². The number of anilines is 1. The lowest BCUT2D eigenvalue weighted by atomic mass is 9.89. The molecule has 2 aromatic heterocycles. The lowest BCUT2D eigenvalue weighted by Crippen LogP contribution is -2.33. The zero-order valence-electron chi connectivity index (χ0n) is 15.8. The van der Waals surface area contributed by atoms with Gasteiger partial charge < -0.3 is 9.47 Å². The van der Waals surface area contributed by atoms with Gasteiger partial charge in [0.2, 0.25) is 0 Å². The fourth-order valence-corrected chi connectivity index (χ4v) is 4.32. The maximum absolute atomic E-state index is 4.80. The van der Waals surface area contributed by atoms with E-state index in [-0.39, 0.29) is 0 Å². The summed E-state index contributed by atoms with van der Waals surface area (Å²) in [6.07, 6.45) is 6.31. The fraction of sp³-hybridized carbons (Fsp3) is 0.348. The van der Waals surface area contributed by atoms with Crippen molar-refractivity contribution < 1.29 is 0 Å². The number of fused-ring (bicyclic) bond motifs is 1. The number of aryl methyl sites for hydroxylation is 1. The number of hydrogen-bond acceptors (Lipinski definition) is 2. The summed E-state index contributed by atoms with van der Waals surface area (Å²) in [4.78, 5) is 7.27. The van der Waals surface area contributed by atoms with Crippen LogP contribution >= 0.6 is 0 Å². The SMILES string of the molecule is C=CCn1c(C)c(C)c2ccnc(N3CCC(c4ccccc4)CC3)c21. The predicted molar refractivity (Wildman–Crippen MR) is 110 cm³/mol. The van der Waals surface area contributed by atoms with Gasteiger partial charge in [-0.05, 0) is 49.8 Å². The molecule has 0 amide bonds. The zero-order valence-corrected chi connectivity index (χ0v) is 15.8. The van der Waals surface area contributed by atoms with Gasteiger partial charge in [-0.15, -0.1) is 6.58 Å². The molecule has 3 nitrogen and oxygen atoms in total. The van der Waals surface area contributed by atoms with Crippen molar-refractivity contribution in [1.82, 2.24) is 9.55 Å². The Morgan fingerprint density at radius 1 is 1.12 bits per heavy atom. The number of rotatable bonds is 4. The van der Waals surface area contributed by atoms with E-state index in [4.69, 9.17) is 4.98 Å². The van der Waals surface area contributed by atoms with Crippen LogP contribution in [0.4, 0.5) is 5.82 Å². The van der Waals surface area contributed by atoms with Crippen LogP contribution < -0.4 is 4.90 Å². The topological polar surface area (TPSA) is 21.1 Å². The number of pyridine rings is 1. The molecule has 0 bridgehead atoms. The van der Waals surface area contributed by atoms with Gasteiger partial charge in [-0.25, -0.2) is 4.98 Å². The molecule has 0 unspecified atom stereocenters. The molecule has 26 heavy (non-hydrogen) atoms. The molecule has 3 heteroatoms. The molecule has 3 heterocycles. The highest BCUT2D eigenvalue weighted by atomic mass is 15.2. The van der Waals surface area contributed by atoms with Crippen LogP contribution in [0.5, 0.6) is 0 Å². The molecule has 0 radical (unpaired) electrons. The maximum atomic E-state index is 4.80. The van der Waals surface area contributed by atoms with Crippen LogP contribution in [0.15, 0.2) is 55.3 Å². The van der Waals surface area contributed by atoms with Gasteiger partial charge >= 0.3 is 0 Å². The van der Waals surface area contributed by atoms with Gasteiger partial charge in [0, 0.05) is 36.9 Å². The van der Waals surface area contributed by atoms with E-state index >= 15 is 0 Å². The van der Waals surface area contributed by atoms with Crippen molar-refractivity contribution in [2.75, 3.05) is 18.0 Å². The molecule has 1 aliphatic rings. The van der Waals surface area contributed by atoms with E-state index in [1.165, 1.54) is 40.6 Å². The first kappa shape index (κ1) is 16.9. The minimum atomic E-state index is 0.662. The number of nitrogens with zero attached hydrogens (tertiary/aromatic N) is 3. The number of piperidine rings is 1. The van der Waals surface area contributed by atoms with E-state index in [1.807, 2.05) is 12.3 Å². The van der Waals surface area contributed by atoms with E-state index in [9.17, 15) is 0 Å². The van der Waals surface area contributed by atoms with Gasteiger partial charge in [-0.3, -0.25) is 0 Å². The summed E-state index contributed by atoms with van der Waals surface area (Å²) in [6.45, 7) is 11.3. The first-order chi connectivity index (χ1) is 12.7. The van der Waals surface area contributed by atoms with Crippen LogP contribution in [0.2, 0.25) is 0 Å². The lowest BCUT2D eigenvalue weighted by molar-refractivity contribution is 0.503. The Morgan fingerprint density at radius 2 is 1.85 bits per heavy atom. The first-order valence-corrected chi connectivity index (χ1v) is 9.56. The summed E-state index contributed by atoms with van der Waals surface area (Å²) in [5, 5.41) is 1.32. The Hall–Kier alpha value is -2.55. The van der Waals surface area contributed by atoms with Crippen LogP contribution in [0.25, 0.3) is 10.9 Å². The molecular formula is C23H27N3. The lowest BCUT2D eigenvalue weighted by Gasteiger charge is -2.33. The zero-order chi connectivity index (χ0) is 18.1. The number of benzene rings is 1. The minimum absolute atomic E-state index is 0.662. The van der Waals surface area contributed by atoms with E-state index in [0.29, 0.717) is 5.92 Å². The average molecular weight is 345 g/mol. The Bertz CT molecular complexity index is 916. The fourth-order valence-electron chi connectivity index (χ4n) is 4.32. The van der Waals surface area contributed by atoms with E-state index in [1.54, 1.807) is 0 Å². The van der Waals surface area contributed by atoms with E-state index < -0.39 is 0 Å². The Morgan fingerprint density at radius 3 is 2.54 bits per heavy atom. The van der Waals surface area contributed by atoms with Crippen molar-refractivity contribution in [3.63, 3.8) is 0 Å². The van der Waals surface area contributed by atoms with Gasteiger partial charge in [-0.1, -0.05) is 36.4 Å². The third-order valence-electron chi connectivity index (χ3n) is 5.90. The second-order valence-corrected chi connectivity index (χ2v) is 7.31. The van der Waals surface area contributed by atoms with Crippen LogP contribution in [0, 0.1) is 13.8 Å². The summed E-state index contributed by atoms with van der Waals surface area (Å²) >= 11 is 0. The summed E-state index contributed by atoms with van der Waals surface area (Å²) in [7, 11) is 0. The molecule has 0 saturated carbocycles. The second-order valence-electron chi connectivity index (χ2n) is 7.31. The van der Waals surface area contributed by atoms with Gasteiger partial charge in [0.1, 0.15) is 0 Å². The molecule has 1 aromatic carbocycles. The van der Waals surface area contributed by atoms with Gasteiger partial charge in [0.15, 0.2) is 5.82 Å². The van der Waals surface area contributed by atoms with Crippen molar-refractivity contribution in [2.45, 2.75) is 39.2 Å². The third-order valence-corrected chi connectivity index (χ3v) is 5.90. The summed E-state index contributed by atoms with van der Waals surface area (Å²) in [5.74, 6) is 1.79. The highest BCUT2D eigenvalue weighted by molar-refractivity contribution is 5.93. The van der Waals surface area contributed by atoms with Crippen molar-refractivity contribution in [3.8, 4) is 0 Å². The molecular weight excluding hydrogens is 318 g/mol. The molecule has 4 rings (SSSR count). The van der Waals surface area contributed by atoms with Crippen molar-refractivity contribution in [1.29, 1.82) is 0 Å². The van der Waals surface area contributed by atoms with E-state index in [0.717, 1.165) is 25.5 Å². The highest BCUT2D eigenvalue weighted by Crippen LogP contribution is 2.35. The van der Waals surface area contributed by atoms with Gasteiger partial charge in [0.05, 0.1) is 5.52 Å². The first-order valence-electron chi connectivity index (χ1n) is 9.56. The summed E-state index contributed by atoms with van der Waals surface area (Å²) < 4.78 is 2.36. The van der Waals surface area contributed by atoms with E-state index in [2.05, 4.69) is 66.3 Å². The molecule has 1 fully saturated rings. The van der Waals surface area contributed by atoms with Crippen molar-refractivity contribution in [2.24, 2.45) is 0 Å². The van der Waals surface area contributed by atoms with Crippen LogP contribution in [-0.2, 0) is 6.54 Å². The standard InChI is InChI=1S/C23H27N3/c1-4-14-26-18(3)17(2)21-10-13-24-23(22(21)26)25-15-11-20(12-16-25)19-8-6-5-7-9-19/h4-10,13,20H,1,11-12,14-16H2,2-3H3.